The minimum atomic E-state index is 0.0121. The molecule has 4 aliphatic carbocycles. The summed E-state index contributed by atoms with van der Waals surface area (Å²) in [7, 11) is 0. The Bertz CT molecular complexity index is 910. The van der Waals surface area contributed by atoms with Crippen LogP contribution in [0.1, 0.15) is 48.5 Å². The van der Waals surface area contributed by atoms with Crippen molar-refractivity contribution in [3.05, 3.63) is 80.5 Å². The predicted octanol–water partition coefficient (Wildman–Crippen LogP) is 7.59. The molecule has 0 saturated heterocycles. The molecule has 136 valence electrons. The van der Waals surface area contributed by atoms with E-state index in [1.807, 2.05) is 0 Å². The standard InChI is InChI=1S/C25H29Br/c1-23(2,3)18-10-15-8-9-17-13-19(24(4,5)6)14-20-21(26)12-16(11-18)22(15)25(17,20)7/h8-14,22H,1-7H3/t22?,25-/m0/s1. The Morgan fingerprint density at radius 1 is 0.769 bits per heavy atom. The van der Waals surface area contributed by atoms with Gasteiger partial charge in [-0.25, -0.2) is 0 Å². The highest BCUT2D eigenvalue weighted by Gasteiger charge is 2.50. The van der Waals surface area contributed by atoms with Gasteiger partial charge in [0.05, 0.1) is 0 Å². The van der Waals surface area contributed by atoms with Gasteiger partial charge in [0.25, 0.3) is 0 Å². The maximum absolute atomic E-state index is 3.92. The molecular weight excluding hydrogens is 380 g/mol. The molecule has 0 amide bonds. The topological polar surface area (TPSA) is 0 Å². The highest BCUT2D eigenvalue weighted by molar-refractivity contribution is 9.12. The first kappa shape index (κ1) is 18.0. The van der Waals surface area contributed by atoms with E-state index in [2.05, 4.69) is 107 Å². The van der Waals surface area contributed by atoms with Crippen molar-refractivity contribution in [2.45, 2.75) is 48.5 Å². The van der Waals surface area contributed by atoms with E-state index in [0.717, 1.165) is 0 Å². The lowest BCUT2D eigenvalue weighted by atomic mass is 9.53. The SMILES string of the molecule is CC(C)(C)C1=CC2=CC=C3C=C(C(C)(C)C)C=C4C(Br)=CC(=C1)C2[C@@]34C. The van der Waals surface area contributed by atoms with Crippen molar-refractivity contribution in [3.8, 4) is 0 Å². The Balaban J connectivity index is 1.99. The van der Waals surface area contributed by atoms with Crippen molar-refractivity contribution >= 4 is 15.9 Å². The van der Waals surface area contributed by atoms with Crippen molar-refractivity contribution in [2.24, 2.45) is 22.2 Å². The first-order valence-electron chi connectivity index (χ1n) is 9.60. The molecule has 2 atom stereocenters. The van der Waals surface area contributed by atoms with E-state index >= 15 is 0 Å². The summed E-state index contributed by atoms with van der Waals surface area (Å²) in [6, 6.07) is 0. The molecule has 0 fully saturated rings. The second-order valence-corrected chi connectivity index (χ2v) is 11.2. The van der Waals surface area contributed by atoms with Crippen LogP contribution in [0.2, 0.25) is 0 Å². The van der Waals surface area contributed by atoms with Crippen LogP contribution in [0.5, 0.6) is 0 Å². The van der Waals surface area contributed by atoms with Crippen molar-refractivity contribution in [1.29, 1.82) is 0 Å². The van der Waals surface area contributed by atoms with Gasteiger partial charge in [0.15, 0.2) is 0 Å². The molecule has 0 radical (unpaired) electrons. The summed E-state index contributed by atoms with van der Waals surface area (Å²) in [6.07, 6.45) is 16.8. The zero-order valence-electron chi connectivity index (χ0n) is 17.0. The molecule has 1 unspecified atom stereocenters. The monoisotopic (exact) mass is 408 g/mol. The first-order chi connectivity index (χ1) is 11.9. The lowest BCUT2D eigenvalue weighted by Crippen LogP contribution is -2.40. The Hall–Kier alpha value is -1.34. The van der Waals surface area contributed by atoms with E-state index < -0.39 is 0 Å². The summed E-state index contributed by atoms with van der Waals surface area (Å²) in [6.45, 7) is 16.2. The van der Waals surface area contributed by atoms with E-state index in [4.69, 9.17) is 0 Å². The third-order valence-corrected chi connectivity index (χ3v) is 7.05. The molecule has 1 heteroatoms. The van der Waals surface area contributed by atoms with Gasteiger partial charge < -0.3 is 0 Å². The van der Waals surface area contributed by atoms with Crippen LogP contribution in [0, 0.1) is 22.2 Å². The molecule has 4 rings (SSSR count). The van der Waals surface area contributed by atoms with Gasteiger partial charge in [-0.2, -0.15) is 0 Å². The lowest BCUT2D eigenvalue weighted by Gasteiger charge is -2.51. The van der Waals surface area contributed by atoms with Gasteiger partial charge in [-0.15, -0.1) is 0 Å². The Labute approximate surface area is 167 Å². The molecule has 0 N–H and O–H groups in total. The van der Waals surface area contributed by atoms with Crippen LogP contribution in [-0.4, -0.2) is 0 Å². The quantitative estimate of drug-likeness (QED) is 0.387. The van der Waals surface area contributed by atoms with Gasteiger partial charge in [-0.05, 0) is 50.3 Å². The maximum atomic E-state index is 3.92. The molecule has 26 heavy (non-hydrogen) atoms. The molecule has 0 heterocycles. The zero-order chi connectivity index (χ0) is 19.1. The molecule has 0 aromatic carbocycles. The molecule has 0 saturated carbocycles. The highest BCUT2D eigenvalue weighted by atomic mass is 79.9. The molecule has 0 nitrogen and oxygen atoms in total. The van der Waals surface area contributed by atoms with E-state index in [1.165, 1.54) is 37.9 Å². The van der Waals surface area contributed by atoms with E-state index in [-0.39, 0.29) is 16.2 Å². The number of halogens is 1. The predicted molar refractivity (Wildman–Crippen MR) is 116 cm³/mol. The summed E-state index contributed by atoms with van der Waals surface area (Å²) in [5.74, 6) is 0.416. The average Bonchev–Trinajstić information content (AvgIpc) is 2.50. The maximum Gasteiger partial charge on any atom is 0.0295 e. The number of allylic oxidation sites excluding steroid dienone is 14. The second-order valence-electron chi connectivity index (χ2n) is 10.3. The average molecular weight is 409 g/mol. The van der Waals surface area contributed by atoms with Gasteiger partial charge in [0, 0.05) is 15.8 Å². The van der Waals surface area contributed by atoms with Crippen LogP contribution in [0.15, 0.2) is 80.5 Å². The summed E-state index contributed by atoms with van der Waals surface area (Å²) in [5, 5.41) is 0. The molecule has 0 spiro atoms. The molecule has 0 aromatic rings. The smallest absolute Gasteiger partial charge is 0.0295 e. The van der Waals surface area contributed by atoms with Gasteiger partial charge in [-0.1, -0.05) is 101 Å². The number of hydrogen-bond acceptors (Lipinski definition) is 0. The van der Waals surface area contributed by atoms with Crippen molar-refractivity contribution in [3.63, 3.8) is 0 Å². The Morgan fingerprint density at radius 2 is 1.38 bits per heavy atom. The second kappa shape index (κ2) is 5.35. The third kappa shape index (κ3) is 2.47. The third-order valence-electron chi connectivity index (χ3n) is 6.40. The summed E-state index contributed by atoms with van der Waals surface area (Å²) < 4.78 is 1.24. The van der Waals surface area contributed by atoms with Gasteiger partial charge in [0.1, 0.15) is 0 Å². The van der Waals surface area contributed by atoms with E-state index in [9.17, 15) is 0 Å². The summed E-state index contributed by atoms with van der Waals surface area (Å²) in [5.41, 5.74) is 8.91. The lowest BCUT2D eigenvalue weighted by molar-refractivity contribution is 0.370. The Morgan fingerprint density at radius 3 is 2.00 bits per heavy atom. The van der Waals surface area contributed by atoms with Crippen molar-refractivity contribution in [2.75, 3.05) is 0 Å². The summed E-state index contributed by atoms with van der Waals surface area (Å²) >= 11 is 3.92. The highest BCUT2D eigenvalue weighted by Crippen LogP contribution is 2.61. The molecule has 0 bridgehead atoms. The fourth-order valence-corrected chi connectivity index (χ4v) is 5.44. The molecule has 4 aliphatic rings. The van der Waals surface area contributed by atoms with Crippen LogP contribution in [0.3, 0.4) is 0 Å². The van der Waals surface area contributed by atoms with Crippen LogP contribution in [0.25, 0.3) is 0 Å². The number of rotatable bonds is 0. The fourth-order valence-electron chi connectivity index (χ4n) is 4.65. The molecular formula is C25H29Br. The summed E-state index contributed by atoms with van der Waals surface area (Å²) in [4.78, 5) is 0. The van der Waals surface area contributed by atoms with Gasteiger partial charge in [0.2, 0.25) is 0 Å². The van der Waals surface area contributed by atoms with Crippen LogP contribution in [0.4, 0.5) is 0 Å². The zero-order valence-corrected chi connectivity index (χ0v) is 18.6. The first-order valence-corrected chi connectivity index (χ1v) is 10.4. The van der Waals surface area contributed by atoms with Crippen LogP contribution < -0.4 is 0 Å². The van der Waals surface area contributed by atoms with Gasteiger partial charge >= 0.3 is 0 Å². The van der Waals surface area contributed by atoms with E-state index in [1.54, 1.807) is 0 Å². The van der Waals surface area contributed by atoms with Crippen molar-refractivity contribution in [1.82, 2.24) is 0 Å². The number of hydrogen-bond donors (Lipinski definition) is 0. The largest absolute Gasteiger partial charge is 0.0581 e. The minimum Gasteiger partial charge on any atom is -0.0581 e. The fraction of sp³-hybridized carbons (Fsp3) is 0.440. The van der Waals surface area contributed by atoms with Gasteiger partial charge in [-0.3, -0.25) is 0 Å². The van der Waals surface area contributed by atoms with E-state index in [0.29, 0.717) is 5.92 Å². The van der Waals surface area contributed by atoms with Crippen LogP contribution >= 0.6 is 15.9 Å². The van der Waals surface area contributed by atoms with Crippen molar-refractivity contribution < 1.29 is 0 Å². The molecule has 0 aromatic heterocycles. The molecule has 0 aliphatic heterocycles. The Kier molecular flexibility index (Phi) is 3.71. The normalized spacial score (nSPS) is 30.2. The minimum absolute atomic E-state index is 0.0121. The van der Waals surface area contributed by atoms with Crippen LogP contribution in [-0.2, 0) is 0 Å².